The van der Waals surface area contributed by atoms with Crippen molar-refractivity contribution in [2.24, 2.45) is 0 Å². The van der Waals surface area contributed by atoms with Gasteiger partial charge in [-0.3, -0.25) is 4.40 Å². The number of imidazole rings is 1. The molecule has 0 aliphatic carbocycles. The van der Waals surface area contributed by atoms with E-state index in [0.717, 1.165) is 22.3 Å². The zero-order chi connectivity index (χ0) is 16.7. The van der Waals surface area contributed by atoms with Gasteiger partial charge in [0, 0.05) is 18.3 Å². The summed E-state index contributed by atoms with van der Waals surface area (Å²) in [5, 5.41) is 9.14. The molecule has 0 amide bonds. The molecule has 2 aromatic carbocycles. The van der Waals surface area contributed by atoms with Crippen LogP contribution in [0.3, 0.4) is 0 Å². The van der Waals surface area contributed by atoms with E-state index < -0.39 is 5.97 Å². The molecule has 3 N–H and O–H groups in total. The molecule has 0 spiro atoms. The molecule has 2 aromatic heterocycles. The van der Waals surface area contributed by atoms with Crippen LogP contribution in [0.15, 0.2) is 54.7 Å². The van der Waals surface area contributed by atoms with Crippen molar-refractivity contribution in [3.05, 3.63) is 71.5 Å². The Morgan fingerprint density at radius 2 is 2.00 bits per heavy atom. The van der Waals surface area contributed by atoms with Gasteiger partial charge in [0.1, 0.15) is 0 Å². The van der Waals surface area contributed by atoms with Gasteiger partial charge in [0.2, 0.25) is 0 Å². The van der Waals surface area contributed by atoms with Crippen molar-refractivity contribution < 1.29 is 9.90 Å². The lowest BCUT2D eigenvalue weighted by Gasteiger charge is -2.08. The summed E-state index contributed by atoms with van der Waals surface area (Å²) < 4.78 is 1.98. The number of carboxylic acid groups (broad SMARTS) is 1. The van der Waals surface area contributed by atoms with Crippen LogP contribution in [0, 0.1) is 0 Å². The first-order valence-electron chi connectivity index (χ1n) is 7.46. The third-order valence-electron chi connectivity index (χ3n) is 3.99. The molecule has 0 aliphatic heterocycles. The number of fused-ring (bicyclic) bond motifs is 3. The number of nitrogens with two attached hydrogens (primary N) is 1. The van der Waals surface area contributed by atoms with Gasteiger partial charge in [0.25, 0.3) is 0 Å². The summed E-state index contributed by atoms with van der Waals surface area (Å²) in [5.41, 5.74) is 10.4. The van der Waals surface area contributed by atoms with Crippen LogP contribution < -0.4 is 5.73 Å². The number of hydrogen-bond acceptors (Lipinski definition) is 4. The summed E-state index contributed by atoms with van der Waals surface area (Å²) in [6.07, 6.45) is 2.31. The number of para-hydroxylation sites is 2. The van der Waals surface area contributed by atoms with Gasteiger partial charge in [-0.1, -0.05) is 24.3 Å². The monoisotopic (exact) mass is 318 g/mol. The van der Waals surface area contributed by atoms with Crippen LogP contribution in [0.2, 0.25) is 0 Å². The fourth-order valence-electron chi connectivity index (χ4n) is 2.91. The van der Waals surface area contributed by atoms with E-state index in [1.165, 1.54) is 0 Å². The van der Waals surface area contributed by atoms with E-state index in [9.17, 15) is 4.79 Å². The van der Waals surface area contributed by atoms with Crippen molar-refractivity contribution in [2.45, 2.75) is 6.42 Å². The predicted octanol–water partition coefficient (Wildman–Crippen LogP) is 2.75. The lowest BCUT2D eigenvalue weighted by molar-refractivity contribution is 0.0696. The Balaban J connectivity index is 1.89. The minimum atomic E-state index is -0.936. The summed E-state index contributed by atoms with van der Waals surface area (Å²) >= 11 is 0. The van der Waals surface area contributed by atoms with E-state index in [2.05, 4.69) is 9.97 Å². The van der Waals surface area contributed by atoms with Gasteiger partial charge in [-0.05, 0) is 29.8 Å². The van der Waals surface area contributed by atoms with Crippen LogP contribution in [0.5, 0.6) is 0 Å². The maximum atomic E-state index is 11.1. The molecule has 0 saturated heterocycles. The van der Waals surface area contributed by atoms with Crippen molar-refractivity contribution in [3.63, 3.8) is 0 Å². The number of anilines is 1. The van der Waals surface area contributed by atoms with E-state index in [-0.39, 0.29) is 5.56 Å². The first-order valence-corrected chi connectivity index (χ1v) is 7.46. The van der Waals surface area contributed by atoms with Crippen molar-refractivity contribution in [2.75, 3.05) is 5.73 Å². The van der Waals surface area contributed by atoms with Gasteiger partial charge in [-0.15, -0.1) is 0 Å². The number of carboxylic acids is 1. The number of aromatic nitrogens is 3. The molecule has 0 aliphatic rings. The van der Waals surface area contributed by atoms with Gasteiger partial charge in [0.05, 0.1) is 16.6 Å². The third kappa shape index (κ3) is 2.25. The van der Waals surface area contributed by atoms with Crippen LogP contribution in [0.4, 0.5) is 5.82 Å². The summed E-state index contributed by atoms with van der Waals surface area (Å²) in [7, 11) is 0. The van der Waals surface area contributed by atoms with Crippen LogP contribution in [0.1, 0.15) is 21.6 Å². The fourth-order valence-corrected chi connectivity index (χ4v) is 2.91. The number of rotatable bonds is 3. The van der Waals surface area contributed by atoms with Crippen molar-refractivity contribution in [1.82, 2.24) is 14.4 Å². The number of nitrogens with zero attached hydrogens (tertiary/aromatic N) is 3. The zero-order valence-corrected chi connectivity index (χ0v) is 12.7. The van der Waals surface area contributed by atoms with Crippen LogP contribution in [-0.2, 0) is 6.42 Å². The lowest BCUT2D eigenvalue weighted by atomic mass is 10.1. The van der Waals surface area contributed by atoms with Crippen molar-refractivity contribution >= 4 is 28.5 Å². The highest BCUT2D eigenvalue weighted by Crippen LogP contribution is 2.22. The number of nitrogen functional groups attached to an aromatic ring is 1. The molecule has 2 heterocycles. The van der Waals surface area contributed by atoms with E-state index in [1.807, 2.05) is 34.7 Å². The Bertz CT molecular complexity index is 1080. The quantitative estimate of drug-likeness (QED) is 0.606. The predicted molar refractivity (Wildman–Crippen MR) is 91.1 cm³/mol. The molecule has 0 bridgehead atoms. The van der Waals surface area contributed by atoms with E-state index in [4.69, 9.17) is 10.8 Å². The first-order chi connectivity index (χ1) is 11.6. The standard InChI is InChI=1S/C18H14N4O2/c19-16-17-20-10-13(9-11-4-3-5-12(8-11)18(23)24)22(17)15-7-2-1-6-14(15)21-16/h1-8,10H,9H2,(H2,19,21)(H,23,24). The summed E-state index contributed by atoms with van der Waals surface area (Å²) in [6.45, 7) is 0. The molecule has 6 heteroatoms. The third-order valence-corrected chi connectivity index (χ3v) is 3.99. The highest BCUT2D eigenvalue weighted by molar-refractivity contribution is 5.87. The van der Waals surface area contributed by atoms with Crippen LogP contribution in [0.25, 0.3) is 16.7 Å². The Labute approximate surface area is 137 Å². The topological polar surface area (TPSA) is 93.5 Å². The number of hydrogen-bond donors (Lipinski definition) is 2. The highest BCUT2D eigenvalue weighted by atomic mass is 16.4. The molecule has 0 atom stereocenters. The summed E-state index contributed by atoms with van der Waals surface area (Å²) in [5.74, 6) is -0.562. The van der Waals surface area contributed by atoms with Gasteiger partial charge >= 0.3 is 5.97 Å². The Hall–Kier alpha value is -3.41. The van der Waals surface area contributed by atoms with Crippen LogP contribution >= 0.6 is 0 Å². The summed E-state index contributed by atoms with van der Waals surface area (Å²) in [4.78, 5) is 19.9. The van der Waals surface area contributed by atoms with Crippen molar-refractivity contribution in [3.8, 4) is 0 Å². The van der Waals surface area contributed by atoms with Gasteiger partial charge < -0.3 is 10.8 Å². The molecule has 0 unspecified atom stereocenters. The van der Waals surface area contributed by atoms with Gasteiger partial charge in [-0.2, -0.15) is 0 Å². The maximum Gasteiger partial charge on any atom is 0.335 e. The normalized spacial score (nSPS) is 11.2. The Kier molecular flexibility index (Phi) is 3.16. The fraction of sp³-hybridized carbons (Fsp3) is 0.0556. The number of aromatic carboxylic acids is 1. The number of carbonyl (C=O) groups is 1. The molecular formula is C18H14N4O2. The van der Waals surface area contributed by atoms with E-state index in [0.29, 0.717) is 17.9 Å². The Morgan fingerprint density at radius 3 is 2.83 bits per heavy atom. The van der Waals surface area contributed by atoms with E-state index >= 15 is 0 Å². The average Bonchev–Trinajstić information content (AvgIpc) is 3.00. The molecule has 6 nitrogen and oxygen atoms in total. The lowest BCUT2D eigenvalue weighted by Crippen LogP contribution is -2.02. The highest BCUT2D eigenvalue weighted by Gasteiger charge is 2.12. The molecular weight excluding hydrogens is 304 g/mol. The molecule has 4 rings (SSSR count). The van der Waals surface area contributed by atoms with Crippen LogP contribution in [-0.4, -0.2) is 25.4 Å². The minimum absolute atomic E-state index is 0.271. The second-order valence-electron chi connectivity index (χ2n) is 5.58. The van der Waals surface area contributed by atoms with Gasteiger partial charge in [-0.25, -0.2) is 14.8 Å². The second kappa shape index (κ2) is 5.34. The van der Waals surface area contributed by atoms with Crippen molar-refractivity contribution in [1.29, 1.82) is 0 Å². The molecule has 4 aromatic rings. The van der Waals surface area contributed by atoms with E-state index in [1.54, 1.807) is 24.4 Å². The SMILES string of the molecule is Nc1nc2ccccc2n2c(Cc3cccc(C(=O)O)c3)cnc12. The Morgan fingerprint density at radius 1 is 1.17 bits per heavy atom. The zero-order valence-electron chi connectivity index (χ0n) is 12.7. The molecule has 0 saturated carbocycles. The first kappa shape index (κ1) is 14.2. The average molecular weight is 318 g/mol. The summed E-state index contributed by atoms with van der Waals surface area (Å²) in [6, 6.07) is 14.6. The molecule has 118 valence electrons. The maximum absolute atomic E-state index is 11.1. The smallest absolute Gasteiger partial charge is 0.335 e. The molecule has 0 fully saturated rings. The minimum Gasteiger partial charge on any atom is -0.478 e. The molecule has 24 heavy (non-hydrogen) atoms. The second-order valence-corrected chi connectivity index (χ2v) is 5.58. The molecule has 0 radical (unpaired) electrons. The number of benzene rings is 2. The largest absolute Gasteiger partial charge is 0.478 e. The van der Waals surface area contributed by atoms with Gasteiger partial charge in [0.15, 0.2) is 11.5 Å².